The van der Waals surface area contributed by atoms with Gasteiger partial charge in [-0.25, -0.2) is 0 Å². The van der Waals surface area contributed by atoms with Crippen LogP contribution in [-0.2, 0) is 4.74 Å². The molecule has 1 aliphatic heterocycles. The molecule has 90 valence electrons. The molecule has 0 aromatic rings. The molecule has 1 N–H and O–H groups in total. The topological polar surface area (TPSA) is 24.5 Å². The summed E-state index contributed by atoms with van der Waals surface area (Å²) in [5.74, 6) is 0. The van der Waals surface area contributed by atoms with Gasteiger partial charge in [-0.3, -0.25) is 0 Å². The molecule has 1 rings (SSSR count). The van der Waals surface area contributed by atoms with Crippen molar-refractivity contribution >= 4 is 0 Å². The Labute approximate surface area is 94.2 Å². The van der Waals surface area contributed by atoms with Gasteiger partial charge in [0, 0.05) is 25.7 Å². The standard InChI is InChI=1S/C12H26N2O/c1-4-12-10-11(6-9-15-12)13-7-8-14(3)5-2/h11-13H,4-10H2,1-3H3. The average Bonchev–Trinajstić information content (AvgIpc) is 2.29. The van der Waals surface area contributed by atoms with Crippen LogP contribution in [0.25, 0.3) is 0 Å². The number of likely N-dealkylation sites (N-methyl/N-ethyl adjacent to an activating group) is 1. The van der Waals surface area contributed by atoms with Gasteiger partial charge >= 0.3 is 0 Å². The maximum Gasteiger partial charge on any atom is 0.0587 e. The monoisotopic (exact) mass is 214 g/mol. The average molecular weight is 214 g/mol. The van der Waals surface area contributed by atoms with Gasteiger partial charge in [-0.1, -0.05) is 13.8 Å². The highest BCUT2D eigenvalue weighted by Crippen LogP contribution is 2.15. The first-order valence-corrected chi connectivity index (χ1v) is 6.29. The van der Waals surface area contributed by atoms with Crippen LogP contribution in [0.5, 0.6) is 0 Å². The van der Waals surface area contributed by atoms with Crippen molar-refractivity contribution in [1.82, 2.24) is 10.2 Å². The van der Waals surface area contributed by atoms with Gasteiger partial charge in [0.1, 0.15) is 0 Å². The van der Waals surface area contributed by atoms with Gasteiger partial charge in [0.15, 0.2) is 0 Å². The van der Waals surface area contributed by atoms with Gasteiger partial charge in [-0.05, 0) is 32.9 Å². The van der Waals surface area contributed by atoms with Crippen molar-refractivity contribution in [3.8, 4) is 0 Å². The van der Waals surface area contributed by atoms with Crippen LogP contribution < -0.4 is 5.32 Å². The number of nitrogens with one attached hydrogen (secondary N) is 1. The Morgan fingerprint density at radius 2 is 2.20 bits per heavy atom. The molecule has 0 aromatic carbocycles. The molecule has 0 amide bonds. The third-order valence-corrected chi connectivity index (χ3v) is 3.29. The Hall–Kier alpha value is -0.120. The fourth-order valence-electron chi connectivity index (χ4n) is 1.97. The Morgan fingerprint density at radius 1 is 1.40 bits per heavy atom. The smallest absolute Gasteiger partial charge is 0.0587 e. The molecule has 0 aromatic heterocycles. The number of ether oxygens (including phenoxy) is 1. The van der Waals surface area contributed by atoms with Crippen molar-refractivity contribution in [1.29, 1.82) is 0 Å². The minimum Gasteiger partial charge on any atom is -0.378 e. The molecule has 3 heteroatoms. The van der Waals surface area contributed by atoms with Crippen molar-refractivity contribution in [2.24, 2.45) is 0 Å². The third kappa shape index (κ3) is 4.96. The third-order valence-electron chi connectivity index (χ3n) is 3.29. The van der Waals surface area contributed by atoms with Gasteiger partial charge < -0.3 is 15.0 Å². The Bertz CT molecular complexity index is 164. The predicted octanol–water partition coefficient (Wildman–Crippen LogP) is 1.49. The number of hydrogen-bond acceptors (Lipinski definition) is 3. The maximum absolute atomic E-state index is 5.66. The minimum absolute atomic E-state index is 0.486. The zero-order valence-corrected chi connectivity index (χ0v) is 10.5. The highest BCUT2D eigenvalue weighted by molar-refractivity contribution is 4.76. The molecule has 1 fully saturated rings. The van der Waals surface area contributed by atoms with Crippen LogP contribution in [-0.4, -0.2) is 50.3 Å². The zero-order chi connectivity index (χ0) is 11.1. The maximum atomic E-state index is 5.66. The Kier molecular flexibility index (Phi) is 6.22. The van der Waals surface area contributed by atoms with E-state index in [1.807, 2.05) is 0 Å². The number of nitrogens with zero attached hydrogens (tertiary/aromatic N) is 1. The number of hydrogen-bond donors (Lipinski definition) is 1. The molecule has 1 saturated heterocycles. The van der Waals surface area contributed by atoms with E-state index < -0.39 is 0 Å². The SMILES string of the molecule is CCC1CC(NCCN(C)CC)CCO1. The lowest BCUT2D eigenvalue weighted by atomic mass is 10.0. The van der Waals surface area contributed by atoms with E-state index in [1.165, 1.54) is 12.8 Å². The Balaban J connectivity index is 2.10. The molecule has 2 unspecified atom stereocenters. The fourth-order valence-corrected chi connectivity index (χ4v) is 1.97. The molecule has 1 aliphatic rings. The largest absolute Gasteiger partial charge is 0.378 e. The summed E-state index contributed by atoms with van der Waals surface area (Å²) in [6.07, 6.45) is 3.99. The summed E-state index contributed by atoms with van der Waals surface area (Å²) in [6.45, 7) is 8.71. The van der Waals surface area contributed by atoms with Gasteiger partial charge in [-0.15, -0.1) is 0 Å². The molecule has 3 nitrogen and oxygen atoms in total. The fraction of sp³-hybridized carbons (Fsp3) is 1.00. The van der Waals surface area contributed by atoms with Crippen LogP contribution >= 0.6 is 0 Å². The molecular weight excluding hydrogens is 188 g/mol. The lowest BCUT2D eigenvalue weighted by molar-refractivity contribution is -0.000186. The summed E-state index contributed by atoms with van der Waals surface area (Å²) in [5, 5.41) is 3.63. The first-order chi connectivity index (χ1) is 7.26. The van der Waals surface area contributed by atoms with E-state index in [1.54, 1.807) is 0 Å². The second-order valence-corrected chi connectivity index (χ2v) is 4.47. The lowest BCUT2D eigenvalue weighted by Crippen LogP contribution is -2.41. The molecule has 0 saturated carbocycles. The molecule has 0 radical (unpaired) electrons. The van der Waals surface area contributed by atoms with Crippen LogP contribution in [0.1, 0.15) is 33.1 Å². The normalized spacial score (nSPS) is 27.2. The first-order valence-electron chi connectivity index (χ1n) is 6.29. The summed E-state index contributed by atoms with van der Waals surface area (Å²) in [7, 11) is 2.17. The van der Waals surface area contributed by atoms with Crippen molar-refractivity contribution in [2.75, 3.05) is 33.3 Å². The van der Waals surface area contributed by atoms with E-state index in [-0.39, 0.29) is 0 Å². The predicted molar refractivity (Wildman–Crippen MR) is 64.2 cm³/mol. The van der Waals surface area contributed by atoms with E-state index in [9.17, 15) is 0 Å². The molecule has 15 heavy (non-hydrogen) atoms. The van der Waals surface area contributed by atoms with Crippen LogP contribution in [0.4, 0.5) is 0 Å². The lowest BCUT2D eigenvalue weighted by Gasteiger charge is -2.30. The van der Waals surface area contributed by atoms with Crippen LogP contribution in [0.15, 0.2) is 0 Å². The molecule has 0 spiro atoms. The van der Waals surface area contributed by atoms with Crippen LogP contribution in [0.3, 0.4) is 0 Å². The number of rotatable bonds is 6. The van der Waals surface area contributed by atoms with E-state index in [2.05, 4.69) is 31.1 Å². The molecule has 2 atom stereocenters. The van der Waals surface area contributed by atoms with Gasteiger partial charge in [0.25, 0.3) is 0 Å². The highest BCUT2D eigenvalue weighted by atomic mass is 16.5. The van der Waals surface area contributed by atoms with Crippen molar-refractivity contribution in [2.45, 2.75) is 45.3 Å². The van der Waals surface area contributed by atoms with E-state index in [0.717, 1.165) is 32.7 Å². The summed E-state index contributed by atoms with van der Waals surface area (Å²) in [5.41, 5.74) is 0. The van der Waals surface area contributed by atoms with E-state index >= 15 is 0 Å². The summed E-state index contributed by atoms with van der Waals surface area (Å²) >= 11 is 0. The van der Waals surface area contributed by atoms with Gasteiger partial charge in [0.2, 0.25) is 0 Å². The molecule has 0 aliphatic carbocycles. The minimum atomic E-state index is 0.486. The first kappa shape index (κ1) is 12.9. The quantitative estimate of drug-likeness (QED) is 0.725. The molecule has 1 heterocycles. The second-order valence-electron chi connectivity index (χ2n) is 4.47. The summed E-state index contributed by atoms with van der Waals surface area (Å²) in [6, 6.07) is 0.675. The van der Waals surface area contributed by atoms with E-state index in [4.69, 9.17) is 4.74 Å². The van der Waals surface area contributed by atoms with Crippen molar-refractivity contribution in [3.05, 3.63) is 0 Å². The molecular formula is C12H26N2O. The van der Waals surface area contributed by atoms with Crippen molar-refractivity contribution < 1.29 is 4.74 Å². The van der Waals surface area contributed by atoms with Crippen LogP contribution in [0.2, 0.25) is 0 Å². The molecule has 0 bridgehead atoms. The second kappa shape index (κ2) is 7.20. The van der Waals surface area contributed by atoms with Gasteiger partial charge in [-0.2, -0.15) is 0 Å². The van der Waals surface area contributed by atoms with Crippen molar-refractivity contribution in [3.63, 3.8) is 0 Å². The summed E-state index contributed by atoms with van der Waals surface area (Å²) in [4.78, 5) is 2.34. The Morgan fingerprint density at radius 3 is 2.87 bits per heavy atom. The highest BCUT2D eigenvalue weighted by Gasteiger charge is 2.20. The van der Waals surface area contributed by atoms with E-state index in [0.29, 0.717) is 12.1 Å². The van der Waals surface area contributed by atoms with Crippen LogP contribution in [0, 0.1) is 0 Å². The van der Waals surface area contributed by atoms with Gasteiger partial charge in [0.05, 0.1) is 6.10 Å². The zero-order valence-electron chi connectivity index (χ0n) is 10.5. The summed E-state index contributed by atoms with van der Waals surface area (Å²) < 4.78 is 5.66.